The first-order chi connectivity index (χ1) is 18.0. The fraction of sp³-hybridized carbons (Fsp3) is 0.484. The molecule has 1 atom stereocenters. The van der Waals surface area contributed by atoms with E-state index in [4.69, 9.17) is 14.6 Å². The molecule has 0 amide bonds. The lowest BCUT2D eigenvalue weighted by Gasteiger charge is -2.13. The highest BCUT2D eigenvalue weighted by molar-refractivity contribution is 7.16. The maximum Gasteiger partial charge on any atom is 0.119 e. The van der Waals surface area contributed by atoms with Crippen LogP contribution in [-0.2, 0) is 11.2 Å². The summed E-state index contributed by atoms with van der Waals surface area (Å²) in [5.41, 5.74) is 2.33. The zero-order chi connectivity index (χ0) is 27.6. The number of aliphatic hydroxyl groups excluding tert-OH is 2. The standard InChI is InChI=1S/C18H26NO3P.C8H12O.C5H12/c20-16-4-8-17(9-5-16)21-13-1-11-19-12-10-15-2-6-18(7-3-15)22-14-23;1-3-5-8(4-2)6-7-9;1-3-5-4-2/h2-4,6-8,19-20H,1,5,9-14,23H2;3-5,9H,1-2,6-7H2;3-5H2,1-2H3/b;8-5+;. The number of allylic oxidation sites excluding steroid dienone is 7. The van der Waals surface area contributed by atoms with Gasteiger partial charge in [0, 0.05) is 19.4 Å². The third kappa shape index (κ3) is 20.4. The SMILES string of the molecule is C=C/C=C(\C=C)CCO.CCCCC.OC1=CC=C(OCCCNCCc2ccc(OCP)cc2)CC1. The van der Waals surface area contributed by atoms with Crippen LogP contribution in [0.3, 0.4) is 0 Å². The van der Waals surface area contributed by atoms with Crippen LogP contribution < -0.4 is 10.1 Å². The molecule has 0 saturated heterocycles. The Morgan fingerprint density at radius 3 is 2.27 bits per heavy atom. The monoisotopic (exact) mass is 531 g/mol. The first-order valence-corrected chi connectivity index (χ1v) is 14.2. The molecule has 0 bridgehead atoms. The number of benzene rings is 1. The average molecular weight is 532 g/mol. The third-order valence-corrected chi connectivity index (χ3v) is 5.51. The molecule has 3 N–H and O–H groups in total. The van der Waals surface area contributed by atoms with Crippen LogP contribution in [0.15, 0.2) is 84.9 Å². The number of nitrogens with one attached hydrogen (secondary N) is 1. The predicted molar refractivity (Wildman–Crippen MR) is 162 cm³/mol. The average Bonchev–Trinajstić information content (AvgIpc) is 2.91. The first kappa shape index (κ1) is 34.7. The highest BCUT2D eigenvalue weighted by Gasteiger charge is 2.05. The fourth-order valence-corrected chi connectivity index (χ4v) is 3.41. The van der Waals surface area contributed by atoms with Gasteiger partial charge in [0.25, 0.3) is 0 Å². The van der Waals surface area contributed by atoms with Crippen LogP contribution in [0.25, 0.3) is 0 Å². The first-order valence-electron chi connectivity index (χ1n) is 13.4. The van der Waals surface area contributed by atoms with Gasteiger partial charge in [-0.15, -0.1) is 0 Å². The predicted octanol–water partition coefficient (Wildman–Crippen LogP) is 7.42. The van der Waals surface area contributed by atoms with Crippen molar-refractivity contribution in [3.05, 3.63) is 90.5 Å². The number of ether oxygens (including phenoxy) is 2. The molecule has 0 aliphatic heterocycles. The van der Waals surface area contributed by atoms with Crippen LogP contribution in [0, 0.1) is 0 Å². The van der Waals surface area contributed by atoms with Crippen molar-refractivity contribution >= 4 is 9.24 Å². The van der Waals surface area contributed by atoms with Gasteiger partial charge >= 0.3 is 0 Å². The maximum atomic E-state index is 9.27. The van der Waals surface area contributed by atoms with E-state index in [1.165, 1.54) is 24.8 Å². The molecule has 1 aromatic carbocycles. The largest absolute Gasteiger partial charge is 0.512 e. The number of hydrogen-bond acceptors (Lipinski definition) is 5. The molecule has 0 fully saturated rings. The lowest BCUT2D eigenvalue weighted by molar-refractivity contribution is 0.193. The van der Waals surface area contributed by atoms with Crippen molar-refractivity contribution in [1.29, 1.82) is 0 Å². The molecule has 1 unspecified atom stereocenters. The maximum absolute atomic E-state index is 9.27. The van der Waals surface area contributed by atoms with Crippen molar-refractivity contribution in [2.75, 3.05) is 32.7 Å². The van der Waals surface area contributed by atoms with E-state index in [9.17, 15) is 5.11 Å². The summed E-state index contributed by atoms with van der Waals surface area (Å²) in [6.45, 7) is 14.3. The third-order valence-electron chi connectivity index (χ3n) is 5.34. The Balaban J connectivity index is 0.000000765. The lowest BCUT2D eigenvalue weighted by atomic mass is 10.1. The van der Waals surface area contributed by atoms with Gasteiger partial charge in [0.1, 0.15) is 12.1 Å². The van der Waals surface area contributed by atoms with E-state index in [2.05, 4.69) is 53.7 Å². The molecule has 1 aliphatic carbocycles. The number of unbranched alkanes of at least 4 members (excludes halogenated alkanes) is 2. The van der Waals surface area contributed by atoms with Crippen molar-refractivity contribution in [3.63, 3.8) is 0 Å². The molecule has 2 rings (SSSR count). The second-order valence-electron chi connectivity index (χ2n) is 8.46. The van der Waals surface area contributed by atoms with Crippen molar-refractivity contribution < 1.29 is 19.7 Å². The summed E-state index contributed by atoms with van der Waals surface area (Å²) < 4.78 is 11.1. The number of rotatable bonds is 16. The smallest absolute Gasteiger partial charge is 0.119 e. The molecule has 5 nitrogen and oxygen atoms in total. The Bertz CT molecular complexity index is 798. The van der Waals surface area contributed by atoms with Crippen LogP contribution in [0.5, 0.6) is 5.75 Å². The summed E-state index contributed by atoms with van der Waals surface area (Å²) in [5, 5.41) is 21.2. The van der Waals surface area contributed by atoms with Crippen LogP contribution in [-0.4, -0.2) is 42.9 Å². The van der Waals surface area contributed by atoms with Crippen molar-refractivity contribution in [2.24, 2.45) is 0 Å². The quantitative estimate of drug-likeness (QED) is 0.118. The Morgan fingerprint density at radius 1 is 1.03 bits per heavy atom. The van der Waals surface area contributed by atoms with Crippen LogP contribution in [0.1, 0.15) is 64.4 Å². The molecule has 208 valence electrons. The van der Waals surface area contributed by atoms with E-state index >= 15 is 0 Å². The molecule has 37 heavy (non-hydrogen) atoms. The Hall–Kier alpha value is -2.33. The summed E-state index contributed by atoms with van der Waals surface area (Å²) in [5.74, 6) is 2.32. The van der Waals surface area contributed by atoms with Gasteiger partial charge in [-0.3, -0.25) is 0 Å². The van der Waals surface area contributed by atoms with Crippen molar-refractivity contribution in [2.45, 2.75) is 65.2 Å². The summed E-state index contributed by atoms with van der Waals surface area (Å²) in [6, 6.07) is 8.24. The van der Waals surface area contributed by atoms with Gasteiger partial charge in [0.05, 0.1) is 18.1 Å². The van der Waals surface area contributed by atoms with Gasteiger partial charge in [-0.05, 0) is 67.8 Å². The number of hydrogen-bond donors (Lipinski definition) is 3. The van der Waals surface area contributed by atoms with Gasteiger partial charge in [0.2, 0.25) is 0 Å². The Kier molecular flexibility index (Phi) is 23.7. The van der Waals surface area contributed by atoms with Crippen molar-refractivity contribution in [3.8, 4) is 5.75 Å². The Morgan fingerprint density at radius 2 is 1.76 bits per heavy atom. The van der Waals surface area contributed by atoms with E-state index in [1.807, 2.05) is 24.3 Å². The van der Waals surface area contributed by atoms with Gasteiger partial charge < -0.3 is 25.0 Å². The summed E-state index contributed by atoms with van der Waals surface area (Å²) >= 11 is 0. The van der Waals surface area contributed by atoms with Crippen LogP contribution >= 0.6 is 9.24 Å². The van der Waals surface area contributed by atoms with E-state index in [0.29, 0.717) is 31.6 Å². The second kappa shape index (κ2) is 25.3. The zero-order valence-electron chi connectivity index (χ0n) is 23.1. The fourth-order valence-electron chi connectivity index (χ4n) is 3.22. The summed E-state index contributed by atoms with van der Waals surface area (Å²) in [4.78, 5) is 0. The van der Waals surface area contributed by atoms with Gasteiger partial charge in [-0.2, -0.15) is 0 Å². The molecule has 0 radical (unpaired) electrons. The zero-order valence-corrected chi connectivity index (χ0v) is 24.2. The summed E-state index contributed by atoms with van der Waals surface area (Å²) in [7, 11) is 2.55. The molecule has 0 heterocycles. The minimum absolute atomic E-state index is 0.172. The molecule has 1 aliphatic rings. The summed E-state index contributed by atoms with van der Waals surface area (Å²) in [6.07, 6.45) is 17.7. The molecular formula is C31H50NO4P. The van der Waals surface area contributed by atoms with E-state index in [-0.39, 0.29) is 6.61 Å². The second-order valence-corrected chi connectivity index (χ2v) is 8.79. The highest BCUT2D eigenvalue weighted by Crippen LogP contribution is 2.17. The highest BCUT2D eigenvalue weighted by atomic mass is 31.0. The molecule has 0 spiro atoms. The van der Waals surface area contributed by atoms with Crippen LogP contribution in [0.2, 0.25) is 0 Å². The van der Waals surface area contributed by atoms with Gasteiger partial charge in [-0.1, -0.05) is 85.9 Å². The lowest BCUT2D eigenvalue weighted by Crippen LogP contribution is -2.19. The van der Waals surface area contributed by atoms with E-state index in [1.54, 1.807) is 18.2 Å². The molecular weight excluding hydrogens is 481 g/mol. The molecule has 6 heteroatoms. The van der Waals surface area contributed by atoms with Crippen LogP contribution in [0.4, 0.5) is 0 Å². The van der Waals surface area contributed by atoms with E-state index < -0.39 is 0 Å². The van der Waals surface area contributed by atoms with Crippen molar-refractivity contribution in [1.82, 2.24) is 5.32 Å². The minimum atomic E-state index is 0.172. The number of aliphatic hydroxyl groups is 2. The topological polar surface area (TPSA) is 71.0 Å². The minimum Gasteiger partial charge on any atom is -0.512 e. The van der Waals surface area contributed by atoms with Gasteiger partial charge in [0.15, 0.2) is 0 Å². The van der Waals surface area contributed by atoms with E-state index in [0.717, 1.165) is 49.4 Å². The molecule has 0 aromatic heterocycles. The van der Waals surface area contributed by atoms with Gasteiger partial charge in [-0.25, -0.2) is 0 Å². The normalized spacial score (nSPS) is 12.6. The molecule has 1 aromatic rings. The molecule has 0 saturated carbocycles. The Labute approximate surface area is 228 Å².